The molecule has 0 aromatic heterocycles. The molecule has 0 aliphatic heterocycles. The fraction of sp³-hybridized carbons (Fsp3) is 0. The van der Waals surface area contributed by atoms with Crippen molar-refractivity contribution in [2.75, 3.05) is 0 Å². The summed E-state index contributed by atoms with van der Waals surface area (Å²) >= 11 is 0. The van der Waals surface area contributed by atoms with Crippen molar-refractivity contribution in [2.45, 2.75) is 0 Å². The molecule has 0 aliphatic rings. The summed E-state index contributed by atoms with van der Waals surface area (Å²) in [6, 6.07) is 0. The van der Waals surface area contributed by atoms with E-state index in [2.05, 4.69) is 0 Å². The van der Waals surface area contributed by atoms with Crippen molar-refractivity contribution in [1.82, 2.24) is 0 Å². The van der Waals surface area contributed by atoms with Gasteiger partial charge in [-0.05, 0) is 0 Å². The van der Waals surface area contributed by atoms with Gasteiger partial charge < -0.3 is 32.1 Å². The Morgan fingerprint density at radius 3 is 0.909 bits per heavy atom. The van der Waals surface area contributed by atoms with Crippen LogP contribution in [0.15, 0.2) is 0 Å². The number of carbonyl (C=O) groups is 1. The Labute approximate surface area is 93.6 Å². The molecule has 0 radical (unpaired) electrons. The fourth-order valence-corrected chi connectivity index (χ4v) is 0. The summed E-state index contributed by atoms with van der Waals surface area (Å²) in [7, 11) is 0. The molecule has 0 saturated heterocycles. The Morgan fingerprint density at radius 1 is 0.909 bits per heavy atom. The predicted octanol–water partition coefficient (Wildman–Crippen LogP) is -3.57. The molecule has 76 valence electrons. The van der Waals surface area contributed by atoms with Gasteiger partial charge in [0.05, 0.1) is 0 Å². The van der Waals surface area contributed by atoms with Crippen molar-refractivity contribution in [3.8, 4) is 0 Å². The first-order valence-electron chi connectivity index (χ1n) is 0.651. The van der Waals surface area contributed by atoms with Gasteiger partial charge in [-0.3, -0.25) is 4.70 Å². The summed E-state index contributed by atoms with van der Waals surface area (Å²) < 4.78 is 0. The van der Waals surface area contributed by atoms with Gasteiger partial charge in [0.1, 0.15) is 0 Å². The van der Waals surface area contributed by atoms with Gasteiger partial charge in [-0.2, -0.15) is 0 Å². The van der Waals surface area contributed by atoms with Crippen molar-refractivity contribution in [3.63, 3.8) is 0 Å². The smallest absolute Gasteiger partial charge is 0 e. The third-order valence-corrected chi connectivity index (χ3v) is 0. The van der Waals surface area contributed by atoms with Crippen LogP contribution in [0.25, 0.3) is 0 Å². The van der Waals surface area contributed by atoms with E-state index in [1.54, 1.807) is 0 Å². The van der Waals surface area contributed by atoms with E-state index in [4.69, 9.17) is 15.0 Å². The number of hydrogen-bond donors (Lipinski definition) is 2. The van der Waals surface area contributed by atoms with Gasteiger partial charge in [0, 0.05) is 16.5 Å². The maximum Gasteiger partial charge on any atom is 0 e. The second-order valence-electron chi connectivity index (χ2n) is 0.283. The van der Waals surface area contributed by atoms with Crippen LogP contribution in [0.3, 0.4) is 0 Å². The zero-order chi connectivity index (χ0) is 3.58. The quantitative estimate of drug-likeness (QED) is 0.413. The molecule has 7 nitrogen and oxygen atoms in total. The van der Waals surface area contributed by atoms with Gasteiger partial charge in [-0.1, -0.05) is 0 Å². The van der Waals surface area contributed by atoms with Crippen molar-refractivity contribution in [3.05, 3.63) is 0 Å². The summed E-state index contributed by atoms with van der Waals surface area (Å²) in [6.45, 7) is 0. The van der Waals surface area contributed by atoms with E-state index in [-0.39, 0.29) is 72.7 Å². The molecule has 0 amide bonds. The fourth-order valence-electron chi connectivity index (χ4n) is 0. The molecule has 0 aromatic rings. The van der Waals surface area contributed by atoms with E-state index in [1.807, 2.05) is 0 Å². The SMILES string of the molecule is F.O.O.O.O.O=C(O)O.[NaH].[Ni]. The van der Waals surface area contributed by atoms with Gasteiger partial charge in [0.25, 0.3) is 0 Å². The number of halogens is 1. The van der Waals surface area contributed by atoms with E-state index in [0.717, 1.165) is 0 Å². The summed E-state index contributed by atoms with van der Waals surface area (Å²) in [5.41, 5.74) is 0. The number of carboxylic acid groups (broad SMARTS) is 2. The average molecular weight is 237 g/mol. The first-order chi connectivity index (χ1) is 1.73. The van der Waals surface area contributed by atoms with Gasteiger partial charge in [0.2, 0.25) is 0 Å². The largest absolute Gasteiger partial charge is 0 e. The minimum Gasteiger partial charge on any atom is 0 e. The van der Waals surface area contributed by atoms with Gasteiger partial charge in [0.15, 0.2) is 0 Å². The van der Waals surface area contributed by atoms with E-state index in [0.29, 0.717) is 0 Å². The predicted molar refractivity (Wildman–Crippen MR) is 34.8 cm³/mol. The van der Waals surface area contributed by atoms with Crippen LogP contribution in [0, 0.1) is 0 Å². The second kappa shape index (κ2) is 76.7. The molecule has 0 unspecified atom stereocenters. The topological polar surface area (TPSA) is 184 Å². The van der Waals surface area contributed by atoms with Crippen LogP contribution in [-0.2, 0) is 16.5 Å². The van der Waals surface area contributed by atoms with E-state index >= 15 is 0 Å². The standard InChI is InChI=1S/CH2O3.FH.Na.Ni.4H2O.H/c2-1(3)4;;;;;;;;/h(H2,2,3,4);1H;;;4*1H2;. The monoisotopic (exact) mass is 236 g/mol. The zero-order valence-electron chi connectivity index (χ0n) is 4.53. The summed E-state index contributed by atoms with van der Waals surface area (Å²) in [5.74, 6) is 0. The third-order valence-electron chi connectivity index (χ3n) is 0. The molecule has 0 aliphatic carbocycles. The molecule has 0 saturated carbocycles. The van der Waals surface area contributed by atoms with E-state index < -0.39 is 6.16 Å². The Bertz CT molecular complexity index is 41.4. The summed E-state index contributed by atoms with van der Waals surface area (Å²) in [4.78, 5) is 8.56. The molecule has 0 rings (SSSR count). The van der Waals surface area contributed by atoms with Crippen LogP contribution in [0.4, 0.5) is 9.50 Å². The maximum atomic E-state index is 8.56. The Morgan fingerprint density at radius 2 is 0.909 bits per heavy atom. The van der Waals surface area contributed by atoms with Gasteiger partial charge in [-0.25, -0.2) is 4.79 Å². The molecular weight excluding hydrogens is 225 g/mol. The van der Waals surface area contributed by atoms with Crippen LogP contribution < -0.4 is 0 Å². The molecule has 10 N–H and O–H groups in total. The third kappa shape index (κ3) is 2690. The second-order valence-corrected chi connectivity index (χ2v) is 0.283. The van der Waals surface area contributed by atoms with Crippen LogP contribution in [0.2, 0.25) is 0 Å². The van der Waals surface area contributed by atoms with Crippen molar-refractivity contribution >= 4 is 35.7 Å². The minimum absolute atomic E-state index is 0. The first kappa shape index (κ1) is 102. The molecule has 0 aromatic carbocycles. The summed E-state index contributed by atoms with van der Waals surface area (Å²) in [5, 5.41) is 13.9. The van der Waals surface area contributed by atoms with Crippen LogP contribution in [0.1, 0.15) is 0 Å². The number of rotatable bonds is 0. The zero-order valence-corrected chi connectivity index (χ0v) is 5.51. The Kier molecular flexibility index (Phi) is 714. The van der Waals surface area contributed by atoms with Crippen molar-refractivity contribution in [1.29, 1.82) is 0 Å². The Balaban J connectivity index is -0.00000000214. The Hall–Kier alpha value is 0.534. The van der Waals surface area contributed by atoms with Crippen LogP contribution in [0.5, 0.6) is 0 Å². The molecular formula is CH12FNaNiO7. The molecule has 0 atom stereocenters. The normalized spacial score (nSPS) is 2.18. The molecule has 0 spiro atoms. The van der Waals surface area contributed by atoms with Crippen LogP contribution >= 0.6 is 0 Å². The molecule has 0 heterocycles. The van der Waals surface area contributed by atoms with Crippen molar-refractivity contribution < 1.29 is 58.1 Å². The first-order valence-corrected chi connectivity index (χ1v) is 0.651. The van der Waals surface area contributed by atoms with Gasteiger partial charge >= 0.3 is 35.7 Å². The van der Waals surface area contributed by atoms with Gasteiger partial charge in [-0.15, -0.1) is 0 Å². The minimum atomic E-state index is -1.83. The van der Waals surface area contributed by atoms with E-state index in [1.165, 1.54) is 0 Å². The van der Waals surface area contributed by atoms with E-state index in [9.17, 15) is 0 Å². The molecule has 0 bridgehead atoms. The molecule has 11 heavy (non-hydrogen) atoms. The molecule has 0 fully saturated rings. The average Bonchev–Trinajstić information content (AvgIpc) is 0.811. The molecule has 10 heteroatoms. The van der Waals surface area contributed by atoms with Crippen molar-refractivity contribution in [2.24, 2.45) is 0 Å². The maximum absolute atomic E-state index is 8.56. The number of hydrogen-bond acceptors (Lipinski definition) is 1. The summed E-state index contributed by atoms with van der Waals surface area (Å²) in [6.07, 6.45) is -1.83. The van der Waals surface area contributed by atoms with Crippen LogP contribution in [-0.4, -0.2) is 67.8 Å².